The number of benzene rings is 1. The van der Waals surface area contributed by atoms with Crippen LogP contribution in [0.25, 0.3) is 0 Å². The van der Waals surface area contributed by atoms with Crippen LogP contribution in [0.15, 0.2) is 24.3 Å². The second kappa shape index (κ2) is 7.30. The van der Waals surface area contributed by atoms with Crippen LogP contribution in [0.1, 0.15) is 11.6 Å². The third-order valence-corrected chi connectivity index (χ3v) is 3.56. The Morgan fingerprint density at radius 2 is 1.86 bits per heavy atom. The van der Waals surface area contributed by atoms with E-state index in [0.29, 0.717) is 31.3 Å². The molecule has 2 rings (SSSR count). The molecule has 1 atom stereocenters. The number of hydrogen-bond acceptors (Lipinski definition) is 3. The highest BCUT2D eigenvalue weighted by Crippen LogP contribution is 2.33. The molecule has 122 valence electrons. The van der Waals surface area contributed by atoms with E-state index in [2.05, 4.69) is 5.32 Å². The molecule has 0 bridgehead atoms. The molecule has 22 heavy (non-hydrogen) atoms. The molecule has 4 nitrogen and oxygen atoms in total. The predicted octanol–water partition coefficient (Wildman–Crippen LogP) is 2.39. The van der Waals surface area contributed by atoms with Gasteiger partial charge in [0.2, 0.25) is 5.91 Å². The second-order valence-corrected chi connectivity index (χ2v) is 5.42. The lowest BCUT2D eigenvalue weighted by molar-refractivity contribution is -0.164. The van der Waals surface area contributed by atoms with Crippen molar-refractivity contribution < 1.29 is 22.7 Å². The molecule has 1 fully saturated rings. The Bertz CT molecular complexity index is 502. The largest absolute Gasteiger partial charge is 0.412 e. The molecular formula is C14H16ClF3N2O2. The normalized spacial score (nSPS) is 18.0. The van der Waals surface area contributed by atoms with Crippen molar-refractivity contribution in [2.24, 2.45) is 0 Å². The van der Waals surface area contributed by atoms with Gasteiger partial charge in [0.1, 0.15) is 0 Å². The summed E-state index contributed by atoms with van der Waals surface area (Å²) in [4.78, 5) is 13.6. The van der Waals surface area contributed by atoms with E-state index in [1.54, 1.807) is 4.90 Å². The van der Waals surface area contributed by atoms with E-state index in [0.717, 1.165) is 0 Å². The van der Waals surface area contributed by atoms with Gasteiger partial charge in [-0.3, -0.25) is 9.69 Å². The number of halogens is 4. The number of amides is 1. The Hall–Kier alpha value is -1.31. The molecule has 1 amide bonds. The average molecular weight is 337 g/mol. The van der Waals surface area contributed by atoms with Gasteiger partial charge in [0.15, 0.2) is 6.04 Å². The Balaban J connectivity index is 2.03. The summed E-state index contributed by atoms with van der Waals surface area (Å²) in [5.41, 5.74) is -0.0489. The smallest absolute Gasteiger partial charge is 0.379 e. The molecule has 0 aromatic heterocycles. The van der Waals surface area contributed by atoms with Crippen LogP contribution in [0.3, 0.4) is 0 Å². The molecule has 0 aliphatic carbocycles. The third-order valence-electron chi connectivity index (χ3n) is 3.31. The maximum atomic E-state index is 13.2. The minimum Gasteiger partial charge on any atom is -0.379 e. The summed E-state index contributed by atoms with van der Waals surface area (Å²) in [6.07, 6.45) is -4.57. The Morgan fingerprint density at radius 3 is 2.41 bits per heavy atom. The van der Waals surface area contributed by atoms with Crippen LogP contribution in [0.5, 0.6) is 0 Å². The first-order valence-corrected chi connectivity index (χ1v) is 7.15. The summed E-state index contributed by atoms with van der Waals surface area (Å²) >= 11 is 5.68. The number of morpholine rings is 1. The van der Waals surface area contributed by atoms with Crippen molar-refractivity contribution in [3.63, 3.8) is 0 Å². The van der Waals surface area contributed by atoms with Crippen LogP contribution in [0.4, 0.5) is 13.2 Å². The summed E-state index contributed by atoms with van der Waals surface area (Å²) in [5, 5.41) is 2.39. The maximum Gasteiger partial charge on any atom is 0.412 e. The maximum absolute atomic E-state index is 13.2. The fourth-order valence-electron chi connectivity index (χ4n) is 2.18. The monoisotopic (exact) mass is 336 g/mol. The average Bonchev–Trinajstić information content (AvgIpc) is 2.46. The van der Waals surface area contributed by atoms with Gasteiger partial charge < -0.3 is 10.1 Å². The molecule has 1 saturated heterocycles. The Labute approximate surface area is 131 Å². The molecule has 1 aliphatic rings. The molecular weight excluding hydrogens is 321 g/mol. The van der Waals surface area contributed by atoms with Crippen LogP contribution in [-0.4, -0.2) is 49.8 Å². The van der Waals surface area contributed by atoms with Gasteiger partial charge in [0.05, 0.1) is 19.8 Å². The molecule has 0 radical (unpaired) electrons. The zero-order valence-corrected chi connectivity index (χ0v) is 12.5. The van der Waals surface area contributed by atoms with Crippen molar-refractivity contribution in [3.05, 3.63) is 34.9 Å². The fraction of sp³-hybridized carbons (Fsp3) is 0.500. The van der Waals surface area contributed by atoms with Crippen LogP contribution in [0, 0.1) is 0 Å². The van der Waals surface area contributed by atoms with Gasteiger partial charge >= 0.3 is 6.18 Å². The zero-order chi connectivity index (χ0) is 16.2. The SMILES string of the molecule is O=C(CN1CCOCC1)N[C@@H](c1ccc(Cl)cc1)C(F)(F)F. The molecule has 1 heterocycles. The van der Waals surface area contributed by atoms with Crippen LogP contribution < -0.4 is 5.32 Å². The van der Waals surface area contributed by atoms with Crippen LogP contribution in [-0.2, 0) is 9.53 Å². The number of ether oxygens (including phenoxy) is 1. The molecule has 1 aliphatic heterocycles. The van der Waals surface area contributed by atoms with Crippen LogP contribution >= 0.6 is 11.6 Å². The minimum absolute atomic E-state index is 0.0489. The third kappa shape index (κ3) is 4.86. The van der Waals surface area contributed by atoms with E-state index in [9.17, 15) is 18.0 Å². The van der Waals surface area contributed by atoms with Crippen molar-refractivity contribution in [1.82, 2.24) is 10.2 Å². The van der Waals surface area contributed by atoms with Gasteiger partial charge in [0, 0.05) is 18.1 Å². The molecule has 8 heteroatoms. The van der Waals surface area contributed by atoms with Gasteiger partial charge in [-0.1, -0.05) is 23.7 Å². The van der Waals surface area contributed by atoms with Crippen molar-refractivity contribution in [1.29, 1.82) is 0 Å². The molecule has 1 aromatic carbocycles. The molecule has 1 aromatic rings. The second-order valence-electron chi connectivity index (χ2n) is 4.98. The summed E-state index contributed by atoms with van der Waals surface area (Å²) in [5.74, 6) is -0.667. The van der Waals surface area contributed by atoms with Gasteiger partial charge in [-0.2, -0.15) is 13.2 Å². The standard InChI is InChI=1S/C14H16ClF3N2O2/c15-11-3-1-10(2-4-11)13(14(16,17)18)19-12(21)9-20-5-7-22-8-6-20/h1-4,13H,5-9H2,(H,19,21)/t13-/m0/s1. The first-order valence-electron chi connectivity index (χ1n) is 6.78. The highest BCUT2D eigenvalue weighted by atomic mass is 35.5. The van der Waals surface area contributed by atoms with Crippen molar-refractivity contribution >= 4 is 17.5 Å². The topological polar surface area (TPSA) is 41.6 Å². The van der Waals surface area contributed by atoms with Crippen molar-refractivity contribution in [2.45, 2.75) is 12.2 Å². The lowest BCUT2D eigenvalue weighted by atomic mass is 10.1. The zero-order valence-electron chi connectivity index (χ0n) is 11.7. The van der Waals surface area contributed by atoms with Crippen molar-refractivity contribution in [3.8, 4) is 0 Å². The van der Waals surface area contributed by atoms with Gasteiger partial charge in [-0.15, -0.1) is 0 Å². The number of rotatable bonds is 4. The summed E-state index contributed by atoms with van der Waals surface area (Å²) in [7, 11) is 0. The lowest BCUT2D eigenvalue weighted by Crippen LogP contribution is -2.46. The van der Waals surface area contributed by atoms with Crippen LogP contribution in [0.2, 0.25) is 5.02 Å². The number of alkyl halides is 3. The number of carbonyl (C=O) groups is 1. The van der Waals surface area contributed by atoms with Gasteiger partial charge in [-0.05, 0) is 17.7 Å². The lowest BCUT2D eigenvalue weighted by Gasteiger charge is -2.28. The predicted molar refractivity (Wildman–Crippen MR) is 75.6 cm³/mol. The summed E-state index contributed by atoms with van der Waals surface area (Å²) in [6, 6.07) is 3.21. The van der Waals surface area contributed by atoms with Gasteiger partial charge in [0.25, 0.3) is 0 Å². The Morgan fingerprint density at radius 1 is 1.27 bits per heavy atom. The molecule has 1 N–H and O–H groups in total. The minimum atomic E-state index is -4.57. The first kappa shape index (κ1) is 17.1. The van der Waals surface area contributed by atoms with E-state index in [1.807, 2.05) is 0 Å². The molecule has 0 saturated carbocycles. The number of carbonyl (C=O) groups excluding carboxylic acids is 1. The Kier molecular flexibility index (Phi) is 5.66. The fourth-order valence-corrected chi connectivity index (χ4v) is 2.30. The van der Waals surface area contributed by atoms with E-state index < -0.39 is 18.1 Å². The molecule has 0 unspecified atom stereocenters. The van der Waals surface area contributed by atoms with E-state index in [-0.39, 0.29) is 12.1 Å². The summed E-state index contributed by atoms with van der Waals surface area (Å²) < 4.78 is 44.6. The van der Waals surface area contributed by atoms with Crippen molar-refractivity contribution in [2.75, 3.05) is 32.8 Å². The number of hydrogen-bond donors (Lipinski definition) is 1. The van der Waals surface area contributed by atoms with E-state index in [1.165, 1.54) is 24.3 Å². The van der Waals surface area contributed by atoms with Gasteiger partial charge in [-0.25, -0.2) is 0 Å². The summed E-state index contributed by atoms with van der Waals surface area (Å²) in [6.45, 7) is 1.94. The number of nitrogens with one attached hydrogen (secondary N) is 1. The quantitative estimate of drug-likeness (QED) is 0.918. The van der Waals surface area contributed by atoms with E-state index >= 15 is 0 Å². The highest BCUT2D eigenvalue weighted by Gasteiger charge is 2.41. The number of nitrogens with zero attached hydrogens (tertiary/aromatic N) is 1. The highest BCUT2D eigenvalue weighted by molar-refractivity contribution is 6.30. The first-order chi connectivity index (χ1) is 10.4. The molecule has 0 spiro atoms. The van der Waals surface area contributed by atoms with E-state index in [4.69, 9.17) is 16.3 Å².